The van der Waals surface area contributed by atoms with Gasteiger partial charge in [0.25, 0.3) is 0 Å². The molecule has 2 aromatic carbocycles. The minimum absolute atomic E-state index is 0.0618. The number of hydrogen-bond acceptors (Lipinski definition) is 4. The van der Waals surface area contributed by atoms with E-state index in [1.807, 2.05) is 31.2 Å². The molecule has 0 aliphatic carbocycles. The molecule has 31 heavy (non-hydrogen) atoms. The summed E-state index contributed by atoms with van der Waals surface area (Å²) in [5.74, 6) is -0.292. The molecule has 0 bridgehead atoms. The van der Waals surface area contributed by atoms with Crippen LogP contribution in [0.25, 0.3) is 0 Å². The highest BCUT2D eigenvalue weighted by Gasteiger charge is 2.16. The third-order valence-corrected chi connectivity index (χ3v) is 4.36. The Bertz CT molecular complexity index is 902. The highest BCUT2D eigenvalue weighted by atomic mass is 16.6. The molecule has 2 aromatic rings. The van der Waals surface area contributed by atoms with E-state index in [4.69, 9.17) is 4.74 Å². The summed E-state index contributed by atoms with van der Waals surface area (Å²) in [7, 11) is 0. The van der Waals surface area contributed by atoms with E-state index in [0.717, 1.165) is 5.56 Å². The van der Waals surface area contributed by atoms with Gasteiger partial charge in [0.2, 0.25) is 11.8 Å². The maximum atomic E-state index is 12.2. The Kier molecular flexibility index (Phi) is 8.61. The van der Waals surface area contributed by atoms with Crippen LogP contribution >= 0.6 is 0 Å². The average Bonchev–Trinajstić information content (AvgIpc) is 2.67. The molecule has 0 heterocycles. The van der Waals surface area contributed by atoms with E-state index in [-0.39, 0.29) is 24.8 Å². The summed E-state index contributed by atoms with van der Waals surface area (Å²) in [6.45, 7) is 7.53. The van der Waals surface area contributed by atoms with Crippen molar-refractivity contribution in [2.24, 2.45) is 0 Å². The number of hydrogen-bond donors (Lipinski definition) is 3. The Morgan fingerprint density at radius 2 is 1.39 bits per heavy atom. The lowest BCUT2D eigenvalue weighted by Gasteiger charge is -2.19. The van der Waals surface area contributed by atoms with Gasteiger partial charge in [-0.15, -0.1) is 0 Å². The van der Waals surface area contributed by atoms with Crippen molar-refractivity contribution in [3.8, 4) is 0 Å². The van der Waals surface area contributed by atoms with Crippen molar-refractivity contribution in [1.29, 1.82) is 0 Å². The molecule has 3 N–H and O–H groups in total. The van der Waals surface area contributed by atoms with Gasteiger partial charge in [0, 0.05) is 30.8 Å². The van der Waals surface area contributed by atoms with Crippen LogP contribution in [0.1, 0.15) is 44.7 Å². The molecule has 7 heteroatoms. The summed E-state index contributed by atoms with van der Waals surface area (Å²) in [6.07, 6.45) is 0.650. The number of aryl methyl sites for hydroxylation is 2. The standard InChI is InChI=1S/C24H31N3O4/c1-17-7-5-6-8-18(17)9-14-21(28)26-19-10-12-20(13-11-19)27-22(29)15-16-25-23(30)31-24(2,3)4/h5-8,10-13H,9,14-16H2,1-4H3,(H,25,30)(H,26,28)(H,27,29). The first-order valence-electron chi connectivity index (χ1n) is 10.3. The molecular formula is C24H31N3O4. The van der Waals surface area contributed by atoms with Gasteiger partial charge in [0.15, 0.2) is 0 Å². The van der Waals surface area contributed by atoms with Crippen LogP contribution in [0.2, 0.25) is 0 Å². The van der Waals surface area contributed by atoms with E-state index in [9.17, 15) is 14.4 Å². The molecule has 0 aliphatic heterocycles. The molecule has 0 aliphatic rings. The maximum Gasteiger partial charge on any atom is 0.407 e. The second-order valence-electron chi connectivity index (χ2n) is 8.28. The smallest absolute Gasteiger partial charge is 0.407 e. The summed E-state index contributed by atoms with van der Waals surface area (Å²) >= 11 is 0. The third kappa shape index (κ3) is 9.33. The molecule has 0 saturated heterocycles. The molecule has 3 amide bonds. The molecule has 2 rings (SSSR count). The van der Waals surface area contributed by atoms with E-state index in [0.29, 0.717) is 24.2 Å². The molecule has 0 unspecified atom stereocenters. The lowest BCUT2D eigenvalue weighted by atomic mass is 10.0. The lowest BCUT2D eigenvalue weighted by molar-refractivity contribution is -0.117. The molecule has 0 spiro atoms. The Labute approximate surface area is 183 Å². The molecule has 0 saturated carbocycles. The van der Waals surface area contributed by atoms with Gasteiger partial charge >= 0.3 is 6.09 Å². The molecule has 0 radical (unpaired) electrons. The number of benzene rings is 2. The van der Waals surface area contributed by atoms with Crippen LogP contribution in [-0.4, -0.2) is 30.1 Å². The third-order valence-electron chi connectivity index (χ3n) is 4.36. The zero-order valence-corrected chi connectivity index (χ0v) is 18.6. The van der Waals surface area contributed by atoms with E-state index in [1.54, 1.807) is 45.0 Å². The molecule has 7 nitrogen and oxygen atoms in total. The summed E-state index contributed by atoms with van der Waals surface area (Å²) < 4.78 is 5.11. The maximum absolute atomic E-state index is 12.2. The second kappa shape index (κ2) is 11.2. The highest BCUT2D eigenvalue weighted by Crippen LogP contribution is 2.15. The Morgan fingerprint density at radius 3 is 1.94 bits per heavy atom. The largest absolute Gasteiger partial charge is 0.444 e. The van der Waals surface area contributed by atoms with Gasteiger partial charge in [-0.1, -0.05) is 24.3 Å². The number of alkyl carbamates (subject to hydrolysis) is 1. The van der Waals surface area contributed by atoms with Crippen LogP contribution in [0.3, 0.4) is 0 Å². The van der Waals surface area contributed by atoms with Crippen molar-refractivity contribution < 1.29 is 19.1 Å². The van der Waals surface area contributed by atoms with Crippen molar-refractivity contribution in [3.05, 3.63) is 59.7 Å². The first-order chi connectivity index (χ1) is 14.6. The van der Waals surface area contributed by atoms with Gasteiger partial charge < -0.3 is 20.7 Å². The van der Waals surface area contributed by atoms with Gasteiger partial charge in [-0.05, 0) is 69.5 Å². The van der Waals surface area contributed by atoms with E-state index in [1.165, 1.54) is 5.56 Å². The van der Waals surface area contributed by atoms with Crippen LogP contribution in [0.5, 0.6) is 0 Å². The molecular weight excluding hydrogens is 394 g/mol. The predicted molar refractivity (Wildman–Crippen MR) is 122 cm³/mol. The van der Waals surface area contributed by atoms with Crippen molar-refractivity contribution in [2.75, 3.05) is 17.2 Å². The van der Waals surface area contributed by atoms with Gasteiger partial charge in [0.05, 0.1) is 0 Å². The summed E-state index contributed by atoms with van der Waals surface area (Å²) in [5, 5.41) is 8.16. The van der Waals surface area contributed by atoms with Crippen LogP contribution in [-0.2, 0) is 20.7 Å². The van der Waals surface area contributed by atoms with Crippen LogP contribution in [0.15, 0.2) is 48.5 Å². The number of carbonyl (C=O) groups is 3. The van der Waals surface area contributed by atoms with Crippen molar-refractivity contribution in [1.82, 2.24) is 5.32 Å². The van der Waals surface area contributed by atoms with E-state index in [2.05, 4.69) is 16.0 Å². The number of nitrogens with one attached hydrogen (secondary N) is 3. The zero-order valence-electron chi connectivity index (χ0n) is 18.6. The fourth-order valence-electron chi connectivity index (χ4n) is 2.81. The monoisotopic (exact) mass is 425 g/mol. The molecule has 0 aromatic heterocycles. The zero-order chi connectivity index (χ0) is 22.9. The number of ether oxygens (including phenoxy) is 1. The summed E-state index contributed by atoms with van der Waals surface area (Å²) in [4.78, 5) is 35.8. The lowest BCUT2D eigenvalue weighted by Crippen LogP contribution is -2.34. The van der Waals surface area contributed by atoms with E-state index < -0.39 is 11.7 Å². The average molecular weight is 426 g/mol. The number of rotatable bonds is 8. The number of anilines is 2. The molecule has 166 valence electrons. The second-order valence-corrected chi connectivity index (χ2v) is 8.28. The topological polar surface area (TPSA) is 96.5 Å². The SMILES string of the molecule is Cc1ccccc1CCC(=O)Nc1ccc(NC(=O)CCNC(=O)OC(C)(C)C)cc1. The van der Waals surface area contributed by atoms with Crippen molar-refractivity contribution in [2.45, 2.75) is 52.6 Å². The van der Waals surface area contributed by atoms with Crippen molar-refractivity contribution in [3.63, 3.8) is 0 Å². The summed E-state index contributed by atoms with van der Waals surface area (Å²) in [5.41, 5.74) is 3.04. The van der Waals surface area contributed by atoms with Gasteiger partial charge in [-0.3, -0.25) is 9.59 Å². The minimum atomic E-state index is -0.579. The fraction of sp³-hybridized carbons (Fsp3) is 0.375. The Hall–Kier alpha value is -3.35. The Morgan fingerprint density at radius 1 is 0.839 bits per heavy atom. The van der Waals surface area contributed by atoms with Gasteiger partial charge in [0.1, 0.15) is 5.60 Å². The van der Waals surface area contributed by atoms with Crippen molar-refractivity contribution >= 4 is 29.3 Å². The van der Waals surface area contributed by atoms with E-state index >= 15 is 0 Å². The van der Waals surface area contributed by atoms with Gasteiger partial charge in [-0.25, -0.2) is 4.79 Å². The van der Waals surface area contributed by atoms with Crippen LogP contribution < -0.4 is 16.0 Å². The Balaban J connectivity index is 1.72. The minimum Gasteiger partial charge on any atom is -0.444 e. The number of carbonyl (C=O) groups excluding carboxylic acids is 3. The normalized spacial score (nSPS) is 10.8. The fourth-order valence-corrected chi connectivity index (χ4v) is 2.81. The summed E-state index contributed by atoms with van der Waals surface area (Å²) in [6, 6.07) is 14.9. The van der Waals surface area contributed by atoms with Gasteiger partial charge in [-0.2, -0.15) is 0 Å². The molecule has 0 fully saturated rings. The molecule has 0 atom stereocenters. The first kappa shape index (κ1) is 23.9. The number of amides is 3. The highest BCUT2D eigenvalue weighted by molar-refractivity contribution is 5.93. The van der Waals surface area contributed by atoms with Crippen LogP contribution in [0.4, 0.5) is 16.2 Å². The van der Waals surface area contributed by atoms with Crippen LogP contribution in [0, 0.1) is 6.92 Å². The quantitative estimate of drug-likeness (QED) is 0.583. The predicted octanol–water partition coefficient (Wildman–Crippen LogP) is 4.42. The first-order valence-corrected chi connectivity index (χ1v) is 10.3.